The monoisotopic (exact) mass is 543 g/mol. The largest absolute Gasteiger partial charge is 0.493 e. The summed E-state index contributed by atoms with van der Waals surface area (Å²) >= 11 is 7.28. The normalized spacial score (nSPS) is 19.2. The lowest BCUT2D eigenvalue weighted by Gasteiger charge is -2.38. The first-order valence-corrected chi connectivity index (χ1v) is 11.3. The van der Waals surface area contributed by atoms with Crippen LogP contribution in [0.2, 0.25) is 0 Å². The lowest BCUT2D eigenvalue weighted by Crippen LogP contribution is -2.33. The molecule has 2 atom stereocenters. The average Bonchev–Trinajstić information content (AvgIpc) is 3.24. The molecular weight excluding hydrogens is 526 g/mol. The van der Waals surface area contributed by atoms with E-state index in [2.05, 4.69) is 42.9 Å². The third kappa shape index (κ3) is 3.57. The third-order valence-corrected chi connectivity index (χ3v) is 6.56. The maximum atomic E-state index is 6.46. The van der Waals surface area contributed by atoms with Crippen LogP contribution in [0.3, 0.4) is 0 Å². The number of hydrogen-bond donors (Lipinski definition) is 0. The second kappa shape index (κ2) is 8.16. The van der Waals surface area contributed by atoms with Crippen molar-refractivity contribution in [3.63, 3.8) is 0 Å². The molecule has 8 heteroatoms. The van der Waals surface area contributed by atoms with Gasteiger partial charge in [0.25, 0.3) is 0 Å². The van der Waals surface area contributed by atoms with Crippen LogP contribution in [-0.4, -0.2) is 29.9 Å². The molecule has 0 unspecified atom stereocenters. The number of halogens is 2. The second-order valence-corrected chi connectivity index (χ2v) is 9.04. The SMILES string of the molecule is COc1ccc(C2=NN3[C@@H](C2)c2cc(Br)cc(Br)c2O[C@H]3c2ccncc2)cc1OC. The van der Waals surface area contributed by atoms with Gasteiger partial charge in [-0.05, 0) is 58.4 Å². The Balaban J connectivity index is 1.61. The van der Waals surface area contributed by atoms with Crippen LogP contribution in [0.4, 0.5) is 0 Å². The van der Waals surface area contributed by atoms with Crippen LogP contribution in [-0.2, 0) is 0 Å². The van der Waals surface area contributed by atoms with Crippen LogP contribution >= 0.6 is 31.9 Å². The molecule has 0 N–H and O–H groups in total. The maximum Gasteiger partial charge on any atom is 0.214 e. The zero-order valence-electron chi connectivity index (χ0n) is 16.9. The van der Waals surface area contributed by atoms with Crippen molar-refractivity contribution in [2.75, 3.05) is 14.2 Å². The number of benzene rings is 2. The van der Waals surface area contributed by atoms with Gasteiger partial charge in [-0.1, -0.05) is 15.9 Å². The number of fused-ring (bicyclic) bond motifs is 3. The first-order chi connectivity index (χ1) is 15.1. The van der Waals surface area contributed by atoms with Crippen molar-refractivity contribution in [1.82, 2.24) is 9.99 Å². The number of aromatic nitrogens is 1. The van der Waals surface area contributed by atoms with Gasteiger partial charge in [0.05, 0.1) is 30.4 Å². The smallest absolute Gasteiger partial charge is 0.214 e. The fourth-order valence-electron chi connectivity index (χ4n) is 4.05. The molecule has 0 saturated heterocycles. The van der Waals surface area contributed by atoms with E-state index in [0.29, 0.717) is 11.5 Å². The fraction of sp³-hybridized carbons (Fsp3) is 0.217. The first-order valence-electron chi connectivity index (χ1n) is 9.72. The van der Waals surface area contributed by atoms with E-state index in [1.54, 1.807) is 26.6 Å². The van der Waals surface area contributed by atoms with Gasteiger partial charge in [-0.25, -0.2) is 5.01 Å². The molecule has 0 saturated carbocycles. The molecule has 5 rings (SSSR count). The van der Waals surface area contributed by atoms with Crippen molar-refractivity contribution in [3.05, 3.63) is 80.5 Å². The van der Waals surface area contributed by atoms with E-state index in [4.69, 9.17) is 19.3 Å². The number of nitrogens with zero attached hydrogens (tertiary/aromatic N) is 3. The summed E-state index contributed by atoms with van der Waals surface area (Å²) < 4.78 is 19.2. The van der Waals surface area contributed by atoms with Crippen molar-refractivity contribution in [2.24, 2.45) is 5.10 Å². The van der Waals surface area contributed by atoms with E-state index in [1.807, 2.05) is 41.4 Å². The first kappa shape index (κ1) is 20.3. The molecule has 3 aromatic rings. The van der Waals surface area contributed by atoms with Crippen LogP contribution in [0.25, 0.3) is 0 Å². The van der Waals surface area contributed by atoms with Crippen molar-refractivity contribution < 1.29 is 14.2 Å². The lowest BCUT2D eigenvalue weighted by atomic mass is 9.96. The minimum Gasteiger partial charge on any atom is -0.493 e. The van der Waals surface area contributed by atoms with E-state index < -0.39 is 0 Å². The van der Waals surface area contributed by atoms with Crippen LogP contribution in [0, 0.1) is 0 Å². The topological polar surface area (TPSA) is 56.2 Å². The molecular formula is C23H19Br2N3O3. The predicted molar refractivity (Wildman–Crippen MR) is 125 cm³/mol. The predicted octanol–water partition coefficient (Wildman–Crippen LogP) is 5.87. The standard InChI is InChI=1S/C23H19Br2N3O3/c1-29-20-4-3-14(9-21(20)30-2)18-12-19-16-10-15(24)11-17(25)22(16)31-23(28(19)27-18)13-5-7-26-8-6-13/h3-11,19,23H,12H2,1-2H3/t19-,23-/m0/s1. The molecule has 2 aliphatic rings. The Morgan fingerprint density at radius 2 is 1.77 bits per heavy atom. The molecule has 158 valence electrons. The van der Waals surface area contributed by atoms with Gasteiger partial charge < -0.3 is 14.2 Å². The highest BCUT2D eigenvalue weighted by atomic mass is 79.9. The van der Waals surface area contributed by atoms with Gasteiger partial charge in [0.15, 0.2) is 11.5 Å². The van der Waals surface area contributed by atoms with Crippen LogP contribution in [0.5, 0.6) is 17.2 Å². The lowest BCUT2D eigenvalue weighted by molar-refractivity contribution is -0.0197. The van der Waals surface area contributed by atoms with Gasteiger partial charge in [-0.15, -0.1) is 0 Å². The summed E-state index contributed by atoms with van der Waals surface area (Å²) in [4.78, 5) is 4.15. The summed E-state index contributed by atoms with van der Waals surface area (Å²) in [5.74, 6) is 2.22. The number of hydrazone groups is 1. The van der Waals surface area contributed by atoms with E-state index in [9.17, 15) is 0 Å². The van der Waals surface area contributed by atoms with E-state index >= 15 is 0 Å². The molecule has 0 amide bonds. The van der Waals surface area contributed by atoms with Crippen LogP contribution < -0.4 is 14.2 Å². The molecule has 0 fully saturated rings. The highest BCUT2D eigenvalue weighted by molar-refractivity contribution is 9.11. The Labute approximate surface area is 197 Å². The number of methoxy groups -OCH3 is 2. The van der Waals surface area contributed by atoms with Crippen LogP contribution in [0.1, 0.15) is 35.4 Å². The summed E-state index contributed by atoms with van der Waals surface area (Å²) in [6.07, 6.45) is 3.94. The summed E-state index contributed by atoms with van der Waals surface area (Å²) in [5.41, 5.74) is 4.05. The summed E-state index contributed by atoms with van der Waals surface area (Å²) in [5, 5.41) is 7.05. The summed E-state index contributed by atoms with van der Waals surface area (Å²) in [6, 6.07) is 14.0. The van der Waals surface area contributed by atoms with Gasteiger partial charge in [0.2, 0.25) is 6.23 Å². The zero-order valence-corrected chi connectivity index (χ0v) is 20.1. The fourth-order valence-corrected chi connectivity index (χ4v) is 5.40. The van der Waals surface area contributed by atoms with Crippen molar-refractivity contribution in [1.29, 1.82) is 0 Å². The van der Waals surface area contributed by atoms with Gasteiger partial charge in [-0.3, -0.25) is 4.98 Å². The molecule has 1 aromatic heterocycles. The molecule has 2 aliphatic heterocycles. The van der Waals surface area contributed by atoms with Crippen molar-refractivity contribution in [3.8, 4) is 17.2 Å². The quantitative estimate of drug-likeness (QED) is 0.411. The van der Waals surface area contributed by atoms with Crippen molar-refractivity contribution in [2.45, 2.75) is 18.7 Å². The molecule has 2 aromatic carbocycles. The molecule has 0 bridgehead atoms. The number of ether oxygens (including phenoxy) is 3. The number of rotatable bonds is 4. The minimum absolute atomic E-state index is 0.0406. The molecule has 3 heterocycles. The summed E-state index contributed by atoms with van der Waals surface area (Å²) in [6.45, 7) is 0. The highest BCUT2D eigenvalue weighted by Gasteiger charge is 2.42. The number of hydrogen-bond acceptors (Lipinski definition) is 6. The molecule has 6 nitrogen and oxygen atoms in total. The third-order valence-electron chi connectivity index (χ3n) is 5.52. The molecule has 0 radical (unpaired) electrons. The van der Waals surface area contributed by atoms with Gasteiger partial charge in [0, 0.05) is 40.0 Å². The van der Waals surface area contributed by atoms with Crippen molar-refractivity contribution >= 4 is 37.6 Å². The molecule has 0 aliphatic carbocycles. The Kier molecular flexibility index (Phi) is 5.35. The zero-order chi connectivity index (χ0) is 21.5. The van der Waals surface area contributed by atoms with Gasteiger partial charge in [-0.2, -0.15) is 5.10 Å². The van der Waals surface area contributed by atoms with E-state index in [1.165, 1.54) is 0 Å². The Bertz CT molecular complexity index is 1170. The molecule has 0 spiro atoms. The Morgan fingerprint density at radius 3 is 2.52 bits per heavy atom. The minimum atomic E-state index is -0.351. The Hall–Kier alpha value is -2.58. The maximum absolute atomic E-state index is 6.46. The second-order valence-electron chi connectivity index (χ2n) is 7.27. The highest BCUT2D eigenvalue weighted by Crippen LogP contribution is 2.51. The Morgan fingerprint density at radius 1 is 1.00 bits per heavy atom. The van der Waals surface area contributed by atoms with E-state index in [0.717, 1.165) is 43.5 Å². The number of pyridine rings is 1. The average molecular weight is 545 g/mol. The van der Waals surface area contributed by atoms with Crippen LogP contribution in [0.15, 0.2) is 68.9 Å². The molecule has 31 heavy (non-hydrogen) atoms. The van der Waals surface area contributed by atoms with E-state index in [-0.39, 0.29) is 12.3 Å². The summed E-state index contributed by atoms with van der Waals surface area (Å²) in [7, 11) is 3.27. The van der Waals surface area contributed by atoms with Gasteiger partial charge in [0.1, 0.15) is 5.75 Å². The van der Waals surface area contributed by atoms with Gasteiger partial charge >= 0.3 is 0 Å².